The normalized spacial score (nSPS) is 13.1. The minimum absolute atomic E-state index is 1.03. The van der Waals surface area contributed by atoms with E-state index in [2.05, 4.69) is 197 Å². The Morgan fingerprint density at radius 1 is 0.614 bits per heavy atom. The van der Waals surface area contributed by atoms with Crippen molar-refractivity contribution in [2.24, 2.45) is 0 Å². The number of hydrogen-bond donors (Lipinski definition) is 0. The zero-order chi connectivity index (χ0) is 37.7. The summed E-state index contributed by atoms with van der Waals surface area (Å²) in [6.07, 6.45) is 8.83. The number of fused-ring (bicyclic) bond motifs is 5. The maximum absolute atomic E-state index is 4.93. The summed E-state index contributed by atoms with van der Waals surface area (Å²) in [4.78, 5) is 9.66. The molecule has 2 aliphatic rings. The van der Waals surface area contributed by atoms with Crippen molar-refractivity contribution in [2.75, 3.05) is 4.90 Å². The molecule has 11 rings (SSSR count). The first-order valence-electron chi connectivity index (χ1n) is 19.3. The number of thiazole rings is 1. The quantitative estimate of drug-likeness (QED) is 0.151. The summed E-state index contributed by atoms with van der Waals surface area (Å²) in [5.41, 5.74) is 18.9. The van der Waals surface area contributed by atoms with Gasteiger partial charge >= 0.3 is 0 Å². The van der Waals surface area contributed by atoms with Crippen LogP contribution in [0.15, 0.2) is 187 Å². The van der Waals surface area contributed by atoms with Crippen LogP contribution < -0.4 is 4.90 Å². The second kappa shape index (κ2) is 14.1. The van der Waals surface area contributed by atoms with Gasteiger partial charge in [0.15, 0.2) is 0 Å². The number of nitrogens with zero attached hydrogens (tertiary/aromatic N) is 3. The van der Waals surface area contributed by atoms with E-state index in [1.165, 1.54) is 54.1 Å². The van der Waals surface area contributed by atoms with Gasteiger partial charge in [-0.1, -0.05) is 103 Å². The summed E-state index contributed by atoms with van der Waals surface area (Å²) in [7, 11) is 0. The van der Waals surface area contributed by atoms with Crippen LogP contribution in [0.2, 0.25) is 0 Å². The monoisotopic (exact) mass is 765 g/mol. The maximum Gasteiger partial charge on any atom is 0.124 e. The van der Waals surface area contributed by atoms with E-state index in [0.717, 1.165) is 56.5 Å². The molecule has 0 N–H and O–H groups in total. The van der Waals surface area contributed by atoms with Crippen molar-refractivity contribution >= 4 is 78.3 Å². The molecule has 5 heteroatoms. The molecule has 0 saturated heterocycles. The third-order valence-electron chi connectivity index (χ3n) is 11.0. The molecule has 0 spiro atoms. The van der Waals surface area contributed by atoms with Crippen molar-refractivity contribution in [1.29, 1.82) is 0 Å². The van der Waals surface area contributed by atoms with Gasteiger partial charge in [-0.3, -0.25) is 0 Å². The largest absolute Gasteiger partial charge is 0.313 e. The number of anilines is 3. The molecule has 2 aromatic heterocycles. The number of para-hydroxylation sites is 2. The predicted molar refractivity (Wildman–Crippen MR) is 243 cm³/mol. The van der Waals surface area contributed by atoms with E-state index in [1.54, 1.807) is 23.1 Å². The van der Waals surface area contributed by atoms with E-state index >= 15 is 0 Å². The minimum Gasteiger partial charge on any atom is -0.313 e. The number of rotatable bonds is 7. The Morgan fingerprint density at radius 3 is 2.05 bits per heavy atom. The summed E-state index contributed by atoms with van der Waals surface area (Å²) in [5, 5.41) is 2.33. The molecule has 0 amide bonds. The maximum atomic E-state index is 4.93. The summed E-state index contributed by atoms with van der Waals surface area (Å²) in [6, 6.07) is 61.3. The highest BCUT2D eigenvalue weighted by Gasteiger charge is 2.20. The third-order valence-corrected chi connectivity index (χ3v) is 13.2. The van der Waals surface area contributed by atoms with Crippen LogP contribution in [-0.2, 0) is 6.42 Å². The fraction of sp³-hybridized carbons (Fsp3) is 0.0385. The standard InChI is InChI=1S/C52H35N3S2/c1-2-11-40(12-3-1)55-47-15-7-5-13-44(47)45-34-39(24-32-48(45)55)35-18-26-41(27-19-35)54(43-30-22-38(23-31-43)52-53-46-14-6-9-17-51(46)57-52)42-28-20-37(21-29-42)50-33-25-36-10-4-8-16-49(36)56-50/h1-6,8-14,16-32,34H,7,15H2. The summed E-state index contributed by atoms with van der Waals surface area (Å²) >= 11 is 3.51. The molecule has 0 fully saturated rings. The van der Waals surface area contributed by atoms with Gasteiger partial charge in [0.25, 0.3) is 0 Å². The molecule has 0 atom stereocenters. The summed E-state index contributed by atoms with van der Waals surface area (Å²) in [6.45, 7) is 0. The van der Waals surface area contributed by atoms with E-state index in [9.17, 15) is 0 Å². The van der Waals surface area contributed by atoms with E-state index in [4.69, 9.17) is 4.98 Å². The average molecular weight is 766 g/mol. The highest BCUT2D eigenvalue weighted by molar-refractivity contribution is 8.08. The SMILES string of the molecule is C1=Cc2ccccc2SC=1c1ccc(N(c2ccc(-c3ccc4c(c3)c3c(n4-c4ccccc4)CCC=C3)cc2)c2ccc(-c3nc4ccccc4s3)cc2)cc1. The van der Waals surface area contributed by atoms with E-state index in [1.807, 2.05) is 6.07 Å². The second-order valence-electron chi connectivity index (χ2n) is 14.4. The van der Waals surface area contributed by atoms with Crippen molar-refractivity contribution in [1.82, 2.24) is 9.55 Å². The average Bonchev–Trinajstić information content (AvgIpc) is 3.87. The van der Waals surface area contributed by atoms with Gasteiger partial charge in [-0.2, -0.15) is 0 Å². The molecule has 3 nitrogen and oxygen atoms in total. The molecule has 0 radical (unpaired) electrons. The third kappa shape index (κ3) is 6.14. The van der Waals surface area contributed by atoms with Crippen LogP contribution in [0.3, 0.4) is 0 Å². The van der Waals surface area contributed by atoms with Gasteiger partial charge in [-0.05, 0) is 132 Å². The smallest absolute Gasteiger partial charge is 0.124 e. The Kier molecular flexibility index (Phi) is 8.36. The van der Waals surface area contributed by atoms with Gasteiger partial charge < -0.3 is 9.47 Å². The Morgan fingerprint density at radius 2 is 1.28 bits per heavy atom. The van der Waals surface area contributed by atoms with Crippen LogP contribution >= 0.6 is 23.1 Å². The lowest BCUT2D eigenvalue weighted by atomic mass is 9.98. The van der Waals surface area contributed by atoms with Gasteiger partial charge in [0.2, 0.25) is 0 Å². The Hall–Kier alpha value is -6.62. The molecule has 270 valence electrons. The van der Waals surface area contributed by atoms with Crippen molar-refractivity contribution in [3.8, 4) is 27.4 Å². The van der Waals surface area contributed by atoms with Crippen molar-refractivity contribution in [3.05, 3.63) is 204 Å². The fourth-order valence-corrected chi connectivity index (χ4v) is 10.1. The Bertz CT molecular complexity index is 3020. The zero-order valence-electron chi connectivity index (χ0n) is 31.0. The number of hydrogen-bond acceptors (Lipinski definition) is 4. The highest BCUT2D eigenvalue weighted by Crippen LogP contribution is 2.42. The van der Waals surface area contributed by atoms with Gasteiger partial charge in [-0.25, -0.2) is 4.98 Å². The molecule has 1 aliphatic heterocycles. The lowest BCUT2D eigenvalue weighted by molar-refractivity contribution is 0.888. The van der Waals surface area contributed by atoms with Gasteiger partial charge in [0.1, 0.15) is 5.01 Å². The number of thioether (sulfide) groups is 1. The molecule has 7 aromatic carbocycles. The number of allylic oxidation sites excluding steroid dienone is 1. The van der Waals surface area contributed by atoms with Crippen molar-refractivity contribution in [3.63, 3.8) is 0 Å². The van der Waals surface area contributed by atoms with Gasteiger partial charge in [0.05, 0.1) is 20.6 Å². The molecular weight excluding hydrogens is 731 g/mol. The molecule has 0 unspecified atom stereocenters. The van der Waals surface area contributed by atoms with E-state index in [0.29, 0.717) is 0 Å². The topological polar surface area (TPSA) is 21.1 Å². The Labute approximate surface area is 340 Å². The summed E-state index contributed by atoms with van der Waals surface area (Å²) in [5.74, 6) is 0. The number of aromatic nitrogens is 2. The molecular formula is C52H35N3S2. The van der Waals surface area contributed by atoms with Crippen LogP contribution in [0, 0.1) is 0 Å². The lowest BCUT2D eigenvalue weighted by Crippen LogP contribution is -2.09. The van der Waals surface area contributed by atoms with Crippen LogP contribution in [0.4, 0.5) is 17.1 Å². The van der Waals surface area contributed by atoms with Gasteiger partial charge in [0, 0.05) is 49.9 Å². The first kappa shape index (κ1) is 33.7. The van der Waals surface area contributed by atoms with E-state index in [-0.39, 0.29) is 0 Å². The van der Waals surface area contributed by atoms with Crippen molar-refractivity contribution in [2.45, 2.75) is 17.7 Å². The zero-order valence-corrected chi connectivity index (χ0v) is 32.6. The molecule has 9 aromatic rings. The minimum atomic E-state index is 1.03. The molecule has 1 aliphatic carbocycles. The van der Waals surface area contributed by atoms with Crippen molar-refractivity contribution < 1.29 is 0 Å². The van der Waals surface area contributed by atoms with Crippen LogP contribution in [0.25, 0.3) is 65.6 Å². The first-order chi connectivity index (χ1) is 28.2. The fourth-order valence-electron chi connectivity index (χ4n) is 8.15. The summed E-state index contributed by atoms with van der Waals surface area (Å²) < 4.78 is 3.65. The second-order valence-corrected chi connectivity index (χ2v) is 16.5. The number of benzene rings is 7. The van der Waals surface area contributed by atoms with E-state index < -0.39 is 0 Å². The molecule has 0 bridgehead atoms. The first-order valence-corrected chi connectivity index (χ1v) is 21.0. The highest BCUT2D eigenvalue weighted by atomic mass is 32.2. The Balaban J connectivity index is 0.959. The molecule has 3 heterocycles. The molecule has 57 heavy (non-hydrogen) atoms. The predicted octanol–water partition coefficient (Wildman–Crippen LogP) is 14.8. The van der Waals surface area contributed by atoms with Crippen LogP contribution in [0.5, 0.6) is 0 Å². The van der Waals surface area contributed by atoms with Crippen LogP contribution in [0.1, 0.15) is 28.8 Å². The lowest BCUT2D eigenvalue weighted by Gasteiger charge is -2.26. The van der Waals surface area contributed by atoms with Crippen LogP contribution in [-0.4, -0.2) is 9.55 Å². The van der Waals surface area contributed by atoms with Gasteiger partial charge in [-0.15, -0.1) is 17.1 Å². The molecule has 0 saturated carbocycles.